The summed E-state index contributed by atoms with van der Waals surface area (Å²) in [5.41, 5.74) is -1.54. The van der Waals surface area contributed by atoms with E-state index in [1.54, 1.807) is 6.07 Å². The Kier molecular flexibility index (Phi) is 5.71. The van der Waals surface area contributed by atoms with Crippen LogP contribution in [0.25, 0.3) is 0 Å². The molecule has 0 aliphatic carbocycles. The van der Waals surface area contributed by atoms with Crippen LogP contribution in [0.5, 0.6) is 0 Å². The third-order valence-electron chi connectivity index (χ3n) is 4.09. The second-order valence-electron chi connectivity index (χ2n) is 6.09. The van der Waals surface area contributed by atoms with Gasteiger partial charge in [0.05, 0.1) is 11.3 Å². The van der Waals surface area contributed by atoms with Gasteiger partial charge in [0.2, 0.25) is 0 Å². The molecule has 0 amide bonds. The lowest BCUT2D eigenvalue weighted by atomic mass is 10.0. The van der Waals surface area contributed by atoms with Crippen molar-refractivity contribution in [3.63, 3.8) is 0 Å². The van der Waals surface area contributed by atoms with E-state index in [2.05, 4.69) is 4.98 Å². The predicted molar refractivity (Wildman–Crippen MR) is 88.3 cm³/mol. The maximum absolute atomic E-state index is 12.8. The lowest BCUT2D eigenvalue weighted by Crippen LogP contribution is -2.23. The second-order valence-corrected chi connectivity index (χ2v) is 7.47. The lowest BCUT2D eigenvalue weighted by Gasteiger charge is -2.29. The van der Waals surface area contributed by atoms with Crippen LogP contribution in [-0.4, -0.2) is 16.8 Å². The van der Waals surface area contributed by atoms with Gasteiger partial charge in [0.15, 0.2) is 0 Å². The average molecular weight is 407 g/mol. The zero-order valence-electron chi connectivity index (χ0n) is 13.8. The van der Waals surface area contributed by atoms with E-state index in [0.29, 0.717) is 24.3 Å². The Morgan fingerprint density at radius 2 is 1.70 bits per heavy atom. The fourth-order valence-corrected chi connectivity index (χ4v) is 4.03. The second kappa shape index (κ2) is 7.71. The molecule has 0 saturated carbocycles. The van der Waals surface area contributed by atoms with E-state index < -0.39 is 29.7 Å². The number of aromatic nitrogens is 1. The van der Waals surface area contributed by atoms with Crippen molar-refractivity contribution in [3.05, 3.63) is 59.4 Å². The third kappa shape index (κ3) is 5.16. The van der Waals surface area contributed by atoms with Crippen LogP contribution in [0, 0.1) is 0 Å². The molecule has 0 N–H and O–H groups in total. The van der Waals surface area contributed by atoms with Gasteiger partial charge in [0.25, 0.3) is 0 Å². The summed E-state index contributed by atoms with van der Waals surface area (Å²) in [5, 5.41) is -0.0800. The molecule has 146 valence electrons. The number of rotatable bonds is 3. The topological polar surface area (TPSA) is 22.1 Å². The lowest BCUT2D eigenvalue weighted by molar-refractivity contribution is -0.141. The highest BCUT2D eigenvalue weighted by Crippen LogP contribution is 2.39. The highest BCUT2D eigenvalue weighted by molar-refractivity contribution is 8.00. The monoisotopic (exact) mass is 407 g/mol. The summed E-state index contributed by atoms with van der Waals surface area (Å²) in [7, 11) is 0. The standard InChI is InChI=1S/C18H15F6NOS/c19-17(20,21)11-3-1-4-12(9-11)27-13-7-8-26-15(10-13)14-5-2-6-16(25-14)18(22,23)24/h1-6,9,13,15H,7-8,10H2. The van der Waals surface area contributed by atoms with Crippen LogP contribution < -0.4 is 0 Å². The molecule has 1 aromatic heterocycles. The van der Waals surface area contributed by atoms with Gasteiger partial charge in [-0.3, -0.25) is 0 Å². The Labute approximate surface area is 155 Å². The Balaban J connectivity index is 1.72. The van der Waals surface area contributed by atoms with Gasteiger partial charge in [-0.05, 0) is 43.2 Å². The molecule has 1 fully saturated rings. The van der Waals surface area contributed by atoms with E-state index in [4.69, 9.17) is 4.74 Å². The summed E-state index contributed by atoms with van der Waals surface area (Å²) >= 11 is 1.27. The van der Waals surface area contributed by atoms with Crippen molar-refractivity contribution in [1.29, 1.82) is 0 Å². The fraction of sp³-hybridized carbons (Fsp3) is 0.389. The first-order chi connectivity index (χ1) is 12.6. The van der Waals surface area contributed by atoms with E-state index >= 15 is 0 Å². The zero-order chi connectivity index (χ0) is 19.7. The minimum absolute atomic E-state index is 0.0800. The van der Waals surface area contributed by atoms with Crippen LogP contribution in [0.2, 0.25) is 0 Å². The third-order valence-corrected chi connectivity index (χ3v) is 5.38. The highest BCUT2D eigenvalue weighted by atomic mass is 32.2. The minimum atomic E-state index is -4.54. The molecule has 27 heavy (non-hydrogen) atoms. The number of ether oxygens (including phenoxy) is 1. The van der Waals surface area contributed by atoms with Crippen molar-refractivity contribution in [2.75, 3.05) is 6.61 Å². The quantitative estimate of drug-likeness (QED) is 0.572. The summed E-state index contributed by atoms with van der Waals surface area (Å²) in [4.78, 5) is 4.11. The summed E-state index contributed by atoms with van der Waals surface area (Å²) in [6.07, 6.45) is -8.62. The Bertz CT molecular complexity index is 792. The number of hydrogen-bond donors (Lipinski definition) is 0. The number of alkyl halides is 6. The molecule has 0 radical (unpaired) electrons. The number of pyridine rings is 1. The van der Waals surface area contributed by atoms with Crippen molar-refractivity contribution < 1.29 is 31.1 Å². The van der Waals surface area contributed by atoms with Crippen molar-refractivity contribution in [1.82, 2.24) is 4.98 Å². The van der Waals surface area contributed by atoms with Gasteiger partial charge in [-0.15, -0.1) is 11.8 Å². The van der Waals surface area contributed by atoms with E-state index in [1.165, 1.54) is 30.0 Å². The molecule has 9 heteroatoms. The first-order valence-corrected chi connectivity index (χ1v) is 9.00. The molecule has 3 rings (SSSR count). The van der Waals surface area contributed by atoms with Gasteiger partial charge in [-0.25, -0.2) is 4.98 Å². The summed E-state index contributed by atoms with van der Waals surface area (Å²) in [6, 6.07) is 8.65. The Morgan fingerprint density at radius 3 is 2.41 bits per heavy atom. The normalized spacial score (nSPS) is 21.3. The SMILES string of the molecule is FC(F)(F)c1cccc(SC2CCOC(c3cccc(C(F)(F)F)n3)C2)c1. The molecule has 2 atom stereocenters. The number of halogens is 6. The molecule has 0 spiro atoms. The van der Waals surface area contributed by atoms with E-state index in [-0.39, 0.29) is 10.9 Å². The molecule has 1 aliphatic rings. The summed E-state index contributed by atoms with van der Waals surface area (Å²) < 4.78 is 82.6. The van der Waals surface area contributed by atoms with E-state index in [1.807, 2.05) is 0 Å². The summed E-state index contributed by atoms with van der Waals surface area (Å²) in [5.74, 6) is 0. The molecule has 2 unspecified atom stereocenters. The van der Waals surface area contributed by atoms with Crippen molar-refractivity contribution in [2.45, 2.75) is 41.4 Å². The summed E-state index contributed by atoms with van der Waals surface area (Å²) in [6.45, 7) is 0.305. The number of thioether (sulfide) groups is 1. The van der Waals surface area contributed by atoms with Crippen LogP contribution in [0.3, 0.4) is 0 Å². The van der Waals surface area contributed by atoms with Crippen molar-refractivity contribution in [2.24, 2.45) is 0 Å². The Morgan fingerprint density at radius 1 is 0.963 bits per heavy atom. The van der Waals surface area contributed by atoms with Crippen molar-refractivity contribution in [3.8, 4) is 0 Å². The molecular formula is C18H15F6NOS. The smallest absolute Gasteiger partial charge is 0.372 e. The first-order valence-electron chi connectivity index (χ1n) is 8.12. The van der Waals surface area contributed by atoms with Gasteiger partial charge in [0.1, 0.15) is 11.8 Å². The van der Waals surface area contributed by atoms with Gasteiger partial charge in [0, 0.05) is 16.8 Å². The van der Waals surface area contributed by atoms with Crippen LogP contribution in [0.1, 0.15) is 35.9 Å². The maximum atomic E-state index is 12.8. The van der Waals surface area contributed by atoms with Crippen LogP contribution in [0.15, 0.2) is 47.4 Å². The molecule has 1 aliphatic heterocycles. The molecular weight excluding hydrogens is 392 g/mol. The van der Waals surface area contributed by atoms with Crippen LogP contribution >= 0.6 is 11.8 Å². The number of nitrogens with zero attached hydrogens (tertiary/aromatic N) is 1. The average Bonchev–Trinajstić information content (AvgIpc) is 2.61. The highest BCUT2D eigenvalue weighted by Gasteiger charge is 2.34. The van der Waals surface area contributed by atoms with Gasteiger partial charge in [-0.2, -0.15) is 26.3 Å². The number of hydrogen-bond acceptors (Lipinski definition) is 3. The minimum Gasteiger partial charge on any atom is -0.372 e. The molecule has 2 nitrogen and oxygen atoms in total. The van der Waals surface area contributed by atoms with Gasteiger partial charge < -0.3 is 4.74 Å². The van der Waals surface area contributed by atoms with E-state index in [0.717, 1.165) is 18.2 Å². The molecule has 1 saturated heterocycles. The Hall–Kier alpha value is -1.74. The number of benzene rings is 1. The van der Waals surface area contributed by atoms with Crippen LogP contribution in [-0.2, 0) is 17.1 Å². The molecule has 1 aromatic carbocycles. The first kappa shape index (κ1) is 20.0. The predicted octanol–water partition coefficient (Wildman–Crippen LogP) is 6.13. The largest absolute Gasteiger partial charge is 0.433 e. The molecule has 2 heterocycles. The zero-order valence-corrected chi connectivity index (χ0v) is 14.7. The molecule has 2 aromatic rings. The molecule has 0 bridgehead atoms. The van der Waals surface area contributed by atoms with Crippen LogP contribution in [0.4, 0.5) is 26.3 Å². The van der Waals surface area contributed by atoms with E-state index in [9.17, 15) is 26.3 Å². The van der Waals surface area contributed by atoms with Gasteiger partial charge in [-0.1, -0.05) is 12.1 Å². The maximum Gasteiger partial charge on any atom is 0.433 e. The van der Waals surface area contributed by atoms with Gasteiger partial charge >= 0.3 is 12.4 Å². The fourth-order valence-electron chi connectivity index (χ4n) is 2.81. The van der Waals surface area contributed by atoms with Crippen molar-refractivity contribution >= 4 is 11.8 Å².